The molecule has 0 atom stereocenters. The zero-order valence-electron chi connectivity index (χ0n) is 9.52. The van der Waals surface area contributed by atoms with Crippen LogP contribution in [0.15, 0.2) is 23.1 Å². The Bertz CT molecular complexity index is 586. The maximum absolute atomic E-state index is 11.5. The smallest absolute Gasteiger partial charge is 0.348 e. The van der Waals surface area contributed by atoms with Gasteiger partial charge in [-0.2, -0.15) is 4.98 Å². The number of anilines is 1. The summed E-state index contributed by atoms with van der Waals surface area (Å²) in [5.41, 5.74) is 0.296. The largest absolute Gasteiger partial charge is 0.356 e. The third-order valence-electron chi connectivity index (χ3n) is 3.14. The number of aromatic amines is 1. The molecule has 1 aliphatic heterocycles. The Kier molecular flexibility index (Phi) is 2.51. The second kappa shape index (κ2) is 4.16. The molecule has 5 heteroatoms. The number of fused-ring (bicyclic) bond motifs is 1. The highest BCUT2D eigenvalue weighted by Gasteiger charge is 2.15. The number of rotatable bonds is 1. The Morgan fingerprint density at radius 2 is 2.06 bits per heavy atom. The number of hydrogen-bond acceptors (Lipinski definition) is 4. The van der Waals surface area contributed by atoms with Crippen molar-refractivity contribution in [2.24, 2.45) is 0 Å². The van der Waals surface area contributed by atoms with Crippen LogP contribution in [-0.2, 0) is 0 Å². The molecule has 5 nitrogen and oxygen atoms in total. The van der Waals surface area contributed by atoms with Crippen molar-refractivity contribution in [2.75, 3.05) is 18.0 Å². The maximum Gasteiger partial charge on any atom is 0.348 e. The van der Waals surface area contributed by atoms with Crippen molar-refractivity contribution < 1.29 is 0 Å². The molecule has 2 aromatic heterocycles. The zero-order valence-corrected chi connectivity index (χ0v) is 9.52. The number of nitrogens with one attached hydrogen (secondary N) is 1. The molecule has 1 N–H and O–H groups in total. The van der Waals surface area contributed by atoms with Crippen LogP contribution < -0.4 is 10.6 Å². The summed E-state index contributed by atoms with van der Waals surface area (Å²) >= 11 is 0. The highest BCUT2D eigenvalue weighted by molar-refractivity contribution is 5.86. The van der Waals surface area contributed by atoms with Crippen LogP contribution in [0.1, 0.15) is 19.3 Å². The van der Waals surface area contributed by atoms with Crippen LogP contribution in [0.2, 0.25) is 0 Å². The van der Waals surface area contributed by atoms with E-state index in [4.69, 9.17) is 0 Å². The normalized spacial score (nSPS) is 16.4. The van der Waals surface area contributed by atoms with Crippen LogP contribution in [0, 0.1) is 0 Å². The van der Waals surface area contributed by atoms with E-state index in [-0.39, 0.29) is 5.69 Å². The summed E-state index contributed by atoms with van der Waals surface area (Å²) in [7, 11) is 0. The number of H-pyrrole nitrogens is 1. The zero-order chi connectivity index (χ0) is 11.7. The maximum atomic E-state index is 11.5. The minimum atomic E-state index is -0.322. The average Bonchev–Trinajstić information content (AvgIpc) is 2.39. The van der Waals surface area contributed by atoms with Crippen LogP contribution in [0.4, 0.5) is 5.82 Å². The summed E-state index contributed by atoms with van der Waals surface area (Å²) in [5.74, 6) is 0.775. The third kappa shape index (κ3) is 1.88. The van der Waals surface area contributed by atoms with Crippen LogP contribution in [-0.4, -0.2) is 28.0 Å². The van der Waals surface area contributed by atoms with Gasteiger partial charge in [0.2, 0.25) is 0 Å². The van der Waals surface area contributed by atoms with E-state index in [1.165, 1.54) is 6.42 Å². The van der Waals surface area contributed by atoms with E-state index in [1.807, 2.05) is 12.1 Å². The number of aromatic nitrogens is 3. The van der Waals surface area contributed by atoms with E-state index >= 15 is 0 Å². The van der Waals surface area contributed by atoms with E-state index in [0.717, 1.165) is 37.1 Å². The molecule has 17 heavy (non-hydrogen) atoms. The van der Waals surface area contributed by atoms with E-state index in [1.54, 1.807) is 6.20 Å². The van der Waals surface area contributed by atoms with Crippen molar-refractivity contribution in [1.29, 1.82) is 0 Å². The Morgan fingerprint density at radius 1 is 1.24 bits per heavy atom. The van der Waals surface area contributed by atoms with E-state index in [2.05, 4.69) is 19.9 Å². The molecule has 1 aliphatic rings. The van der Waals surface area contributed by atoms with Crippen LogP contribution in [0.25, 0.3) is 11.0 Å². The van der Waals surface area contributed by atoms with Gasteiger partial charge < -0.3 is 4.90 Å². The molecule has 0 bridgehead atoms. The lowest BCUT2D eigenvalue weighted by Gasteiger charge is -2.28. The lowest BCUT2D eigenvalue weighted by Crippen LogP contribution is -2.32. The molecule has 88 valence electrons. The molecule has 0 spiro atoms. The van der Waals surface area contributed by atoms with Crippen molar-refractivity contribution in [1.82, 2.24) is 15.0 Å². The highest BCUT2D eigenvalue weighted by atomic mass is 16.1. The first-order valence-electron chi connectivity index (χ1n) is 5.94. The van der Waals surface area contributed by atoms with E-state index in [0.29, 0.717) is 5.65 Å². The first kappa shape index (κ1) is 10.3. The van der Waals surface area contributed by atoms with Gasteiger partial charge in [-0.05, 0) is 31.4 Å². The fraction of sp³-hybridized carbons (Fsp3) is 0.417. The topological polar surface area (TPSA) is 61.9 Å². The van der Waals surface area contributed by atoms with Gasteiger partial charge in [-0.3, -0.25) is 4.98 Å². The van der Waals surface area contributed by atoms with E-state index < -0.39 is 0 Å². The van der Waals surface area contributed by atoms with Gasteiger partial charge in [0.25, 0.3) is 0 Å². The van der Waals surface area contributed by atoms with Crippen molar-refractivity contribution in [2.45, 2.75) is 19.3 Å². The number of nitrogens with zero attached hydrogens (tertiary/aromatic N) is 3. The van der Waals surface area contributed by atoms with Gasteiger partial charge in [-0.15, -0.1) is 0 Å². The van der Waals surface area contributed by atoms with Gasteiger partial charge in [0.15, 0.2) is 0 Å². The molecule has 0 unspecified atom stereocenters. The lowest BCUT2D eigenvalue weighted by molar-refractivity contribution is 0.574. The fourth-order valence-corrected chi connectivity index (χ4v) is 2.32. The molecule has 3 heterocycles. The SMILES string of the molecule is O=c1nc(N2CCCCC2)c2cccnc2[nH]1. The molecule has 1 fully saturated rings. The minimum absolute atomic E-state index is 0.322. The van der Waals surface area contributed by atoms with Crippen LogP contribution in [0.5, 0.6) is 0 Å². The standard InChI is InChI=1S/C12H14N4O/c17-12-14-10-9(5-4-6-13-10)11(15-12)16-7-2-1-3-8-16/h4-6H,1-3,7-8H2,(H,13,14,15,17). The Balaban J connectivity index is 2.16. The molecule has 1 saturated heterocycles. The molecule has 2 aromatic rings. The summed E-state index contributed by atoms with van der Waals surface area (Å²) < 4.78 is 0. The Morgan fingerprint density at radius 3 is 2.88 bits per heavy atom. The molecule has 0 saturated carbocycles. The Labute approximate surface area is 98.5 Å². The summed E-state index contributed by atoms with van der Waals surface area (Å²) in [6, 6.07) is 3.82. The van der Waals surface area contributed by atoms with Crippen molar-refractivity contribution in [3.8, 4) is 0 Å². The first-order valence-corrected chi connectivity index (χ1v) is 5.94. The first-order chi connectivity index (χ1) is 8.34. The fourth-order valence-electron chi connectivity index (χ4n) is 2.32. The Hall–Kier alpha value is -1.91. The predicted octanol–water partition coefficient (Wildman–Crippen LogP) is 1.31. The van der Waals surface area contributed by atoms with Crippen molar-refractivity contribution in [3.63, 3.8) is 0 Å². The molecular formula is C12H14N4O. The summed E-state index contributed by atoms with van der Waals surface area (Å²) in [4.78, 5) is 24.6. The van der Waals surface area contributed by atoms with Crippen LogP contribution >= 0.6 is 0 Å². The quantitative estimate of drug-likeness (QED) is 0.802. The highest BCUT2D eigenvalue weighted by Crippen LogP contribution is 2.23. The number of piperidine rings is 1. The molecule has 0 aromatic carbocycles. The van der Waals surface area contributed by atoms with Crippen molar-refractivity contribution >= 4 is 16.9 Å². The number of hydrogen-bond donors (Lipinski definition) is 1. The van der Waals surface area contributed by atoms with Gasteiger partial charge in [0.1, 0.15) is 11.5 Å². The van der Waals surface area contributed by atoms with Gasteiger partial charge in [-0.25, -0.2) is 9.78 Å². The van der Waals surface area contributed by atoms with Gasteiger partial charge in [0, 0.05) is 19.3 Å². The van der Waals surface area contributed by atoms with Crippen molar-refractivity contribution in [3.05, 3.63) is 28.8 Å². The number of pyridine rings is 1. The predicted molar refractivity (Wildman–Crippen MR) is 66.2 cm³/mol. The molecular weight excluding hydrogens is 216 g/mol. The second-order valence-corrected chi connectivity index (χ2v) is 4.31. The molecule has 3 rings (SSSR count). The summed E-state index contributed by atoms with van der Waals surface area (Å²) in [5, 5.41) is 0.925. The molecule has 0 aliphatic carbocycles. The minimum Gasteiger partial charge on any atom is -0.356 e. The van der Waals surface area contributed by atoms with Gasteiger partial charge in [0.05, 0.1) is 5.39 Å². The van der Waals surface area contributed by atoms with E-state index in [9.17, 15) is 4.79 Å². The summed E-state index contributed by atoms with van der Waals surface area (Å²) in [6.45, 7) is 1.95. The molecule has 0 amide bonds. The van der Waals surface area contributed by atoms with Crippen LogP contribution in [0.3, 0.4) is 0 Å². The van der Waals surface area contributed by atoms with Gasteiger partial charge in [-0.1, -0.05) is 0 Å². The average molecular weight is 230 g/mol. The monoisotopic (exact) mass is 230 g/mol. The third-order valence-corrected chi connectivity index (χ3v) is 3.14. The molecule has 0 radical (unpaired) electrons. The lowest BCUT2D eigenvalue weighted by atomic mass is 10.1. The summed E-state index contributed by atoms with van der Waals surface area (Å²) in [6.07, 6.45) is 5.26. The second-order valence-electron chi connectivity index (χ2n) is 4.31. The van der Waals surface area contributed by atoms with Gasteiger partial charge >= 0.3 is 5.69 Å².